The molecule has 0 fully saturated rings. The summed E-state index contributed by atoms with van der Waals surface area (Å²) in [5.41, 5.74) is 3.28. The minimum Gasteiger partial charge on any atom is -0.378 e. The zero-order valence-electron chi connectivity index (χ0n) is 12.6. The zero-order chi connectivity index (χ0) is 14.5. The van der Waals surface area contributed by atoms with Gasteiger partial charge in [-0.3, -0.25) is 0 Å². The molecule has 20 heavy (non-hydrogen) atoms. The Morgan fingerprint density at radius 1 is 1.05 bits per heavy atom. The summed E-state index contributed by atoms with van der Waals surface area (Å²) in [5, 5.41) is 3.26. The van der Waals surface area contributed by atoms with Crippen molar-refractivity contribution >= 4 is 11.5 Å². The number of hydrogen-bond donors (Lipinski definition) is 1. The van der Waals surface area contributed by atoms with Gasteiger partial charge in [0.15, 0.2) is 5.82 Å². The summed E-state index contributed by atoms with van der Waals surface area (Å²) in [4.78, 5) is 11.3. The lowest BCUT2D eigenvalue weighted by Crippen LogP contribution is -2.08. The van der Waals surface area contributed by atoms with Crippen LogP contribution in [0.25, 0.3) is 11.4 Å². The monoisotopic (exact) mass is 270 g/mol. The van der Waals surface area contributed by atoms with Crippen molar-refractivity contribution in [2.24, 2.45) is 0 Å². The summed E-state index contributed by atoms with van der Waals surface area (Å²) >= 11 is 0. The van der Waals surface area contributed by atoms with E-state index in [1.54, 1.807) is 0 Å². The second kappa shape index (κ2) is 6.37. The lowest BCUT2D eigenvalue weighted by atomic mass is 10.1. The third kappa shape index (κ3) is 3.26. The Balaban J connectivity index is 2.37. The maximum Gasteiger partial charge on any atom is 0.161 e. The second-order valence-corrected chi connectivity index (χ2v) is 4.89. The van der Waals surface area contributed by atoms with Crippen LogP contribution in [-0.2, 0) is 6.42 Å². The molecule has 4 heteroatoms. The van der Waals surface area contributed by atoms with Crippen molar-refractivity contribution in [3.8, 4) is 11.4 Å². The lowest BCUT2D eigenvalue weighted by Gasteiger charge is -2.13. The van der Waals surface area contributed by atoms with Crippen molar-refractivity contribution in [2.75, 3.05) is 30.9 Å². The molecule has 1 aromatic carbocycles. The molecule has 0 aliphatic carbocycles. The molecule has 0 aliphatic rings. The first-order valence-electron chi connectivity index (χ1n) is 7.03. The Morgan fingerprint density at radius 3 is 2.30 bits per heavy atom. The molecule has 106 valence electrons. The smallest absolute Gasteiger partial charge is 0.161 e. The third-order valence-corrected chi connectivity index (χ3v) is 3.14. The molecule has 1 aromatic heterocycles. The van der Waals surface area contributed by atoms with Crippen LogP contribution in [-0.4, -0.2) is 30.6 Å². The topological polar surface area (TPSA) is 41.1 Å². The predicted molar refractivity (Wildman–Crippen MR) is 85.3 cm³/mol. The molecule has 4 nitrogen and oxygen atoms in total. The summed E-state index contributed by atoms with van der Waals surface area (Å²) in [5.74, 6) is 1.68. The fourth-order valence-corrected chi connectivity index (χ4v) is 1.99. The van der Waals surface area contributed by atoms with E-state index in [0.29, 0.717) is 0 Å². The van der Waals surface area contributed by atoms with Gasteiger partial charge >= 0.3 is 0 Å². The summed E-state index contributed by atoms with van der Waals surface area (Å²) in [6.45, 7) is 5.04. The molecule has 0 radical (unpaired) electrons. The molecule has 1 N–H and O–H groups in total. The van der Waals surface area contributed by atoms with E-state index in [0.717, 1.165) is 35.9 Å². The van der Waals surface area contributed by atoms with Crippen LogP contribution in [0.1, 0.15) is 19.5 Å². The molecule has 0 saturated carbocycles. The highest BCUT2D eigenvalue weighted by atomic mass is 15.1. The first kappa shape index (κ1) is 14.3. The highest BCUT2D eigenvalue weighted by Crippen LogP contribution is 2.21. The van der Waals surface area contributed by atoms with Gasteiger partial charge in [0.25, 0.3) is 0 Å². The second-order valence-electron chi connectivity index (χ2n) is 4.89. The van der Waals surface area contributed by atoms with Gasteiger partial charge in [-0.15, -0.1) is 0 Å². The minimum absolute atomic E-state index is 0.783. The summed E-state index contributed by atoms with van der Waals surface area (Å²) < 4.78 is 0. The zero-order valence-corrected chi connectivity index (χ0v) is 12.6. The van der Waals surface area contributed by atoms with E-state index in [-0.39, 0.29) is 0 Å². The molecular weight excluding hydrogens is 248 g/mol. The standard InChI is InChI=1S/C16H22N4/c1-5-13-11-15(17-6-2)19-16(18-13)12-7-9-14(10-8-12)20(3)4/h7-11H,5-6H2,1-4H3,(H,17,18,19). The number of aryl methyl sites for hydroxylation is 1. The Bertz CT molecular complexity index is 561. The number of benzene rings is 1. The van der Waals surface area contributed by atoms with E-state index >= 15 is 0 Å². The maximum atomic E-state index is 4.61. The highest BCUT2D eigenvalue weighted by Gasteiger charge is 2.06. The van der Waals surface area contributed by atoms with Crippen LogP contribution < -0.4 is 10.2 Å². The fourth-order valence-electron chi connectivity index (χ4n) is 1.99. The van der Waals surface area contributed by atoms with Crippen LogP contribution in [0, 0.1) is 0 Å². The van der Waals surface area contributed by atoms with Crippen LogP contribution in [0.4, 0.5) is 11.5 Å². The van der Waals surface area contributed by atoms with E-state index in [1.165, 1.54) is 5.69 Å². The average Bonchev–Trinajstić information content (AvgIpc) is 2.47. The molecule has 0 atom stereocenters. The lowest BCUT2D eigenvalue weighted by molar-refractivity contribution is 0.998. The molecule has 0 saturated heterocycles. The molecule has 1 heterocycles. The number of aromatic nitrogens is 2. The molecule has 0 bridgehead atoms. The van der Waals surface area contributed by atoms with E-state index in [9.17, 15) is 0 Å². The van der Waals surface area contributed by atoms with Gasteiger partial charge in [-0.2, -0.15) is 0 Å². The van der Waals surface area contributed by atoms with Crippen LogP contribution in [0.2, 0.25) is 0 Å². The SMILES string of the molecule is CCNc1cc(CC)nc(-c2ccc(N(C)C)cc2)n1. The van der Waals surface area contributed by atoms with Crippen molar-refractivity contribution in [3.63, 3.8) is 0 Å². The van der Waals surface area contributed by atoms with Gasteiger partial charge in [-0.1, -0.05) is 6.92 Å². The molecule has 0 spiro atoms. The number of nitrogens with zero attached hydrogens (tertiary/aromatic N) is 3. The number of nitrogens with one attached hydrogen (secondary N) is 1. The number of anilines is 2. The van der Waals surface area contributed by atoms with E-state index in [2.05, 4.69) is 58.3 Å². The van der Waals surface area contributed by atoms with Gasteiger partial charge in [0.1, 0.15) is 5.82 Å². The Labute approximate surface area is 120 Å². The predicted octanol–water partition coefficient (Wildman–Crippen LogP) is 3.20. The summed E-state index contributed by atoms with van der Waals surface area (Å²) in [7, 11) is 4.07. The normalized spacial score (nSPS) is 10.4. The van der Waals surface area contributed by atoms with Crippen LogP contribution in [0.5, 0.6) is 0 Å². The first-order valence-corrected chi connectivity index (χ1v) is 7.03. The van der Waals surface area contributed by atoms with Gasteiger partial charge in [0.05, 0.1) is 0 Å². The minimum atomic E-state index is 0.783. The van der Waals surface area contributed by atoms with E-state index < -0.39 is 0 Å². The van der Waals surface area contributed by atoms with Gasteiger partial charge in [0.2, 0.25) is 0 Å². The molecule has 0 aliphatic heterocycles. The van der Waals surface area contributed by atoms with Crippen LogP contribution in [0.3, 0.4) is 0 Å². The number of hydrogen-bond acceptors (Lipinski definition) is 4. The largest absolute Gasteiger partial charge is 0.378 e. The van der Waals surface area contributed by atoms with Crippen molar-refractivity contribution < 1.29 is 0 Å². The Kier molecular flexibility index (Phi) is 4.56. The average molecular weight is 270 g/mol. The molecule has 2 rings (SSSR count). The molecule has 0 unspecified atom stereocenters. The summed E-state index contributed by atoms with van der Waals surface area (Å²) in [6.07, 6.45) is 0.906. The first-order chi connectivity index (χ1) is 9.63. The van der Waals surface area contributed by atoms with Crippen molar-refractivity contribution in [1.29, 1.82) is 0 Å². The molecule has 2 aromatic rings. The van der Waals surface area contributed by atoms with Gasteiger partial charge in [-0.05, 0) is 37.6 Å². The van der Waals surface area contributed by atoms with Crippen molar-refractivity contribution in [2.45, 2.75) is 20.3 Å². The quantitative estimate of drug-likeness (QED) is 0.906. The number of rotatable bonds is 5. The molecular formula is C16H22N4. The Hall–Kier alpha value is -2.10. The van der Waals surface area contributed by atoms with Gasteiger partial charge in [-0.25, -0.2) is 9.97 Å². The van der Waals surface area contributed by atoms with E-state index in [4.69, 9.17) is 0 Å². The van der Waals surface area contributed by atoms with Crippen LogP contribution >= 0.6 is 0 Å². The van der Waals surface area contributed by atoms with Crippen molar-refractivity contribution in [3.05, 3.63) is 36.0 Å². The Morgan fingerprint density at radius 2 is 1.75 bits per heavy atom. The van der Waals surface area contributed by atoms with Crippen LogP contribution in [0.15, 0.2) is 30.3 Å². The summed E-state index contributed by atoms with van der Waals surface area (Å²) in [6, 6.07) is 10.3. The fraction of sp³-hybridized carbons (Fsp3) is 0.375. The van der Waals surface area contributed by atoms with Gasteiger partial charge < -0.3 is 10.2 Å². The third-order valence-electron chi connectivity index (χ3n) is 3.14. The highest BCUT2D eigenvalue weighted by molar-refractivity contribution is 5.61. The molecule has 0 amide bonds. The van der Waals surface area contributed by atoms with Gasteiger partial charge in [0, 0.05) is 43.7 Å². The van der Waals surface area contributed by atoms with E-state index in [1.807, 2.05) is 20.2 Å². The maximum absolute atomic E-state index is 4.61. The van der Waals surface area contributed by atoms with Crippen molar-refractivity contribution in [1.82, 2.24) is 9.97 Å².